The lowest BCUT2D eigenvalue weighted by atomic mass is 10.1. The van der Waals surface area contributed by atoms with Gasteiger partial charge in [0.25, 0.3) is 5.92 Å². The maximum atomic E-state index is 13.7. The van der Waals surface area contributed by atoms with Crippen molar-refractivity contribution in [3.8, 4) is 0 Å². The average Bonchev–Trinajstić information content (AvgIpc) is 3.08. The van der Waals surface area contributed by atoms with Crippen molar-refractivity contribution in [3.05, 3.63) is 27.9 Å². The summed E-state index contributed by atoms with van der Waals surface area (Å²) < 4.78 is 34.0. The van der Waals surface area contributed by atoms with Crippen LogP contribution in [0, 0.1) is 0 Å². The molecule has 1 saturated heterocycles. The minimum atomic E-state index is -2.71. The second kappa shape index (κ2) is 7.79. The monoisotopic (exact) mass is 388 g/mol. The Bertz CT molecular complexity index is 692. The fraction of sp³-hybridized carbons (Fsp3) is 0.533. The maximum Gasteiger partial charge on any atom is 0.337 e. The lowest BCUT2D eigenvalue weighted by Gasteiger charge is -2.33. The SMILES string of the molecule is CCOC(=O)C1=C(CN2CC(F)(F)CCS2)NC(c2nccs2)=NC1. The summed E-state index contributed by atoms with van der Waals surface area (Å²) in [5, 5.41) is 5.61. The van der Waals surface area contributed by atoms with Gasteiger partial charge < -0.3 is 10.1 Å². The summed E-state index contributed by atoms with van der Waals surface area (Å²) in [4.78, 5) is 20.7. The number of nitrogens with zero attached hydrogens (tertiary/aromatic N) is 3. The van der Waals surface area contributed by atoms with Gasteiger partial charge in [-0.1, -0.05) is 11.9 Å². The molecule has 1 aromatic rings. The van der Waals surface area contributed by atoms with Crippen LogP contribution in [0.15, 0.2) is 27.8 Å². The van der Waals surface area contributed by atoms with Crippen LogP contribution in [-0.2, 0) is 9.53 Å². The number of carbonyl (C=O) groups is 1. The van der Waals surface area contributed by atoms with Crippen molar-refractivity contribution < 1.29 is 18.3 Å². The van der Waals surface area contributed by atoms with Gasteiger partial charge in [0.2, 0.25) is 0 Å². The van der Waals surface area contributed by atoms with Crippen LogP contribution >= 0.6 is 23.3 Å². The fourth-order valence-corrected chi connectivity index (χ4v) is 4.25. The Morgan fingerprint density at radius 1 is 1.52 bits per heavy atom. The number of halogens is 2. The molecule has 1 fully saturated rings. The van der Waals surface area contributed by atoms with Gasteiger partial charge in [0, 0.05) is 29.4 Å². The zero-order valence-corrected chi connectivity index (χ0v) is 15.3. The Kier molecular flexibility index (Phi) is 5.70. The van der Waals surface area contributed by atoms with Gasteiger partial charge in [0.15, 0.2) is 10.8 Å². The average molecular weight is 388 g/mol. The molecule has 0 aliphatic carbocycles. The molecule has 0 radical (unpaired) electrons. The first-order valence-electron chi connectivity index (χ1n) is 7.84. The summed E-state index contributed by atoms with van der Waals surface area (Å²) in [5.41, 5.74) is 0.917. The highest BCUT2D eigenvalue weighted by molar-refractivity contribution is 7.97. The van der Waals surface area contributed by atoms with Crippen LogP contribution in [0.25, 0.3) is 0 Å². The lowest BCUT2D eigenvalue weighted by molar-refractivity contribution is -0.138. The molecule has 0 aromatic carbocycles. The van der Waals surface area contributed by atoms with Crippen LogP contribution < -0.4 is 5.32 Å². The number of ether oxygens (including phenoxy) is 1. The number of esters is 1. The van der Waals surface area contributed by atoms with Gasteiger partial charge in [-0.15, -0.1) is 11.3 Å². The molecular weight excluding hydrogens is 370 g/mol. The highest BCUT2D eigenvalue weighted by atomic mass is 32.2. The molecule has 0 amide bonds. The van der Waals surface area contributed by atoms with Gasteiger partial charge in [0.05, 0.1) is 31.8 Å². The summed E-state index contributed by atoms with van der Waals surface area (Å²) in [6.45, 7) is 1.96. The molecule has 3 heterocycles. The van der Waals surface area contributed by atoms with Gasteiger partial charge in [-0.25, -0.2) is 22.9 Å². The second-order valence-corrected chi connectivity index (χ2v) is 7.62. The summed E-state index contributed by atoms with van der Waals surface area (Å²) >= 11 is 2.77. The van der Waals surface area contributed by atoms with E-state index in [4.69, 9.17) is 4.74 Å². The maximum absolute atomic E-state index is 13.7. The van der Waals surface area contributed by atoms with Crippen molar-refractivity contribution >= 4 is 35.1 Å². The number of aliphatic imine (C=N–C) groups is 1. The molecular formula is C15H18F2N4O2S2. The Balaban J connectivity index is 1.79. The molecule has 10 heteroatoms. The van der Waals surface area contributed by atoms with Crippen LogP contribution in [0.2, 0.25) is 0 Å². The summed E-state index contributed by atoms with van der Waals surface area (Å²) in [6, 6.07) is 0. The van der Waals surface area contributed by atoms with Crippen molar-refractivity contribution in [1.82, 2.24) is 14.6 Å². The molecule has 1 aromatic heterocycles. The van der Waals surface area contributed by atoms with Gasteiger partial charge in [0.1, 0.15) is 0 Å². The van der Waals surface area contributed by atoms with Crippen LogP contribution in [0.5, 0.6) is 0 Å². The van der Waals surface area contributed by atoms with E-state index >= 15 is 0 Å². The number of hydrogen-bond acceptors (Lipinski definition) is 8. The van der Waals surface area contributed by atoms with Crippen molar-refractivity contribution in [2.45, 2.75) is 19.3 Å². The number of amidine groups is 1. The standard InChI is InChI=1S/C15H18F2N4O2S2/c1-2-23-14(22)10-7-19-12(13-18-4-6-24-13)20-11(10)8-21-9-15(16,17)3-5-25-21/h4,6H,2-3,5,7-9H2,1H3,(H,19,20). The van der Waals surface area contributed by atoms with E-state index in [1.165, 1.54) is 23.3 Å². The molecule has 0 unspecified atom stereocenters. The molecule has 136 valence electrons. The normalized spacial score (nSPS) is 20.8. The number of rotatable bonds is 5. The number of aromatic nitrogens is 1. The first kappa shape index (κ1) is 18.3. The van der Waals surface area contributed by atoms with Crippen molar-refractivity contribution in [2.24, 2.45) is 4.99 Å². The third-order valence-electron chi connectivity index (χ3n) is 3.67. The molecule has 6 nitrogen and oxygen atoms in total. The molecule has 25 heavy (non-hydrogen) atoms. The van der Waals surface area contributed by atoms with Crippen molar-refractivity contribution in [1.29, 1.82) is 0 Å². The van der Waals surface area contributed by atoms with E-state index in [-0.39, 0.29) is 32.7 Å². The largest absolute Gasteiger partial charge is 0.463 e. The highest BCUT2D eigenvalue weighted by Gasteiger charge is 2.37. The molecule has 0 saturated carbocycles. The Hall–Kier alpha value is -1.52. The third kappa shape index (κ3) is 4.56. The quantitative estimate of drug-likeness (QED) is 0.617. The van der Waals surface area contributed by atoms with Crippen LogP contribution in [0.1, 0.15) is 18.4 Å². The molecule has 1 N–H and O–H groups in total. The van der Waals surface area contributed by atoms with Crippen LogP contribution in [0.3, 0.4) is 0 Å². The minimum absolute atomic E-state index is 0.128. The molecule has 0 atom stereocenters. The topological polar surface area (TPSA) is 66.8 Å². The molecule has 2 aliphatic heterocycles. The number of thiazole rings is 1. The number of carbonyl (C=O) groups excluding carboxylic acids is 1. The molecule has 2 aliphatic rings. The van der Waals surface area contributed by atoms with E-state index in [0.717, 1.165) is 0 Å². The predicted molar refractivity (Wildman–Crippen MR) is 93.9 cm³/mol. The summed E-state index contributed by atoms with van der Waals surface area (Å²) in [5.74, 6) is -2.29. The van der Waals surface area contributed by atoms with Gasteiger partial charge in [-0.3, -0.25) is 4.99 Å². The van der Waals surface area contributed by atoms with Crippen LogP contribution in [0.4, 0.5) is 8.78 Å². The number of nitrogens with one attached hydrogen (secondary N) is 1. The van der Waals surface area contributed by atoms with E-state index in [2.05, 4.69) is 15.3 Å². The smallest absolute Gasteiger partial charge is 0.337 e. The number of hydrogen-bond donors (Lipinski definition) is 1. The predicted octanol–water partition coefficient (Wildman–Crippen LogP) is 2.30. The van der Waals surface area contributed by atoms with Crippen molar-refractivity contribution in [2.75, 3.05) is 32.0 Å². The van der Waals surface area contributed by atoms with Crippen LogP contribution in [-0.4, -0.2) is 59.0 Å². The zero-order chi connectivity index (χ0) is 17.9. The molecule has 0 bridgehead atoms. The Morgan fingerprint density at radius 2 is 2.36 bits per heavy atom. The number of alkyl halides is 2. The fourth-order valence-electron chi connectivity index (χ4n) is 2.50. The van der Waals surface area contributed by atoms with E-state index in [1.807, 2.05) is 5.38 Å². The summed E-state index contributed by atoms with van der Waals surface area (Å²) in [7, 11) is 0. The lowest BCUT2D eigenvalue weighted by Crippen LogP contribution is -2.43. The highest BCUT2D eigenvalue weighted by Crippen LogP contribution is 2.32. The Labute approximate surface area is 152 Å². The first-order valence-corrected chi connectivity index (χ1v) is 9.67. The minimum Gasteiger partial charge on any atom is -0.463 e. The van der Waals surface area contributed by atoms with E-state index < -0.39 is 11.9 Å². The van der Waals surface area contributed by atoms with E-state index in [0.29, 0.717) is 27.9 Å². The summed E-state index contributed by atoms with van der Waals surface area (Å²) in [6.07, 6.45) is 1.53. The van der Waals surface area contributed by atoms with Crippen molar-refractivity contribution in [3.63, 3.8) is 0 Å². The Morgan fingerprint density at radius 3 is 3.04 bits per heavy atom. The second-order valence-electron chi connectivity index (χ2n) is 5.54. The van der Waals surface area contributed by atoms with E-state index in [1.54, 1.807) is 17.4 Å². The van der Waals surface area contributed by atoms with Gasteiger partial charge in [-0.05, 0) is 6.92 Å². The first-order chi connectivity index (χ1) is 12.0. The third-order valence-corrected chi connectivity index (χ3v) is 5.46. The van der Waals surface area contributed by atoms with E-state index in [9.17, 15) is 13.6 Å². The van der Waals surface area contributed by atoms with Gasteiger partial charge >= 0.3 is 5.97 Å². The van der Waals surface area contributed by atoms with Gasteiger partial charge in [-0.2, -0.15) is 0 Å². The zero-order valence-electron chi connectivity index (χ0n) is 13.6. The molecule has 0 spiro atoms. The molecule has 3 rings (SSSR count).